The molecule has 0 bridgehead atoms. The minimum atomic E-state index is 0. The molecule has 1 fully saturated rings. The summed E-state index contributed by atoms with van der Waals surface area (Å²) in [5.74, 6) is 3.58. The quantitative estimate of drug-likeness (QED) is 0.417. The molecule has 2 aromatic heterocycles. The lowest BCUT2D eigenvalue weighted by atomic mass is 10.0. The van der Waals surface area contributed by atoms with Gasteiger partial charge in [-0.1, -0.05) is 0 Å². The molecule has 142 valence electrons. The normalized spacial score (nSPS) is 19.5. The molecule has 0 amide bonds. The van der Waals surface area contributed by atoms with Crippen molar-refractivity contribution in [2.24, 2.45) is 12.0 Å². The Morgan fingerprint density at radius 1 is 1.35 bits per heavy atom. The Labute approximate surface area is 171 Å². The van der Waals surface area contributed by atoms with Crippen LogP contribution in [0.3, 0.4) is 0 Å². The first-order valence-electron chi connectivity index (χ1n) is 9.17. The van der Waals surface area contributed by atoms with Gasteiger partial charge in [-0.25, -0.2) is 4.99 Å². The second-order valence-corrected chi connectivity index (χ2v) is 6.84. The summed E-state index contributed by atoms with van der Waals surface area (Å²) in [6, 6.07) is 0. The predicted octanol–water partition coefficient (Wildman–Crippen LogP) is 1.53. The van der Waals surface area contributed by atoms with Crippen LogP contribution in [0.1, 0.15) is 42.9 Å². The monoisotopic (exact) mass is 470 g/mol. The maximum atomic E-state index is 4.84. The maximum Gasteiger partial charge on any atom is 0.194 e. The molecule has 0 aliphatic carbocycles. The molecule has 8 nitrogen and oxygen atoms in total. The second kappa shape index (κ2) is 8.36. The fourth-order valence-electron chi connectivity index (χ4n) is 3.77. The molecular formula is C17H27IN8. The van der Waals surface area contributed by atoms with Gasteiger partial charge in [-0.05, 0) is 25.3 Å². The molecule has 26 heavy (non-hydrogen) atoms. The van der Waals surface area contributed by atoms with Crippen molar-refractivity contribution in [3.05, 3.63) is 29.6 Å². The standard InChI is InChI=1S/C17H26N8.HI/c1-3-18-17(19-10-16-22-21-15-5-4-7-25(15)16)24-8-6-13(12-24)14-9-20-23(2)11-14;/h9,11,13H,3-8,10,12H2,1-2H3,(H,18,19);1H. The van der Waals surface area contributed by atoms with E-state index in [4.69, 9.17) is 4.99 Å². The van der Waals surface area contributed by atoms with E-state index in [1.807, 2.05) is 17.9 Å². The van der Waals surface area contributed by atoms with Gasteiger partial charge in [0, 0.05) is 51.8 Å². The summed E-state index contributed by atoms with van der Waals surface area (Å²) in [7, 11) is 1.97. The zero-order chi connectivity index (χ0) is 17.2. The number of nitrogens with one attached hydrogen (secondary N) is 1. The van der Waals surface area contributed by atoms with Crippen molar-refractivity contribution in [1.82, 2.24) is 34.8 Å². The van der Waals surface area contributed by atoms with Gasteiger partial charge < -0.3 is 14.8 Å². The number of rotatable bonds is 4. The van der Waals surface area contributed by atoms with Crippen LogP contribution < -0.4 is 5.32 Å². The first-order chi connectivity index (χ1) is 12.2. The van der Waals surface area contributed by atoms with E-state index in [9.17, 15) is 0 Å². The Hall–Kier alpha value is -1.65. The van der Waals surface area contributed by atoms with Crippen molar-refractivity contribution in [2.75, 3.05) is 19.6 Å². The van der Waals surface area contributed by atoms with E-state index < -0.39 is 0 Å². The topological polar surface area (TPSA) is 76.2 Å². The maximum absolute atomic E-state index is 4.84. The highest BCUT2D eigenvalue weighted by molar-refractivity contribution is 14.0. The molecule has 0 aromatic carbocycles. The summed E-state index contributed by atoms with van der Waals surface area (Å²) in [4.78, 5) is 7.19. The van der Waals surface area contributed by atoms with E-state index in [0.717, 1.165) is 56.6 Å². The molecule has 2 aliphatic heterocycles. The highest BCUT2D eigenvalue weighted by Gasteiger charge is 2.27. The largest absolute Gasteiger partial charge is 0.357 e. The van der Waals surface area contributed by atoms with Crippen molar-refractivity contribution in [3.63, 3.8) is 0 Å². The lowest BCUT2D eigenvalue weighted by Gasteiger charge is -2.21. The number of aromatic nitrogens is 5. The second-order valence-electron chi connectivity index (χ2n) is 6.84. The van der Waals surface area contributed by atoms with E-state index in [2.05, 4.69) is 43.2 Å². The van der Waals surface area contributed by atoms with Crippen molar-refractivity contribution in [1.29, 1.82) is 0 Å². The molecule has 2 aromatic rings. The molecular weight excluding hydrogens is 443 g/mol. The number of guanidine groups is 1. The number of halogens is 1. The van der Waals surface area contributed by atoms with Gasteiger partial charge in [-0.15, -0.1) is 34.2 Å². The smallest absolute Gasteiger partial charge is 0.194 e. The number of hydrogen-bond donors (Lipinski definition) is 1. The summed E-state index contributed by atoms with van der Waals surface area (Å²) in [5, 5.41) is 16.3. The number of aryl methyl sites for hydroxylation is 2. The van der Waals surface area contributed by atoms with Gasteiger partial charge in [0.1, 0.15) is 12.4 Å². The highest BCUT2D eigenvalue weighted by Crippen LogP contribution is 2.26. The SMILES string of the molecule is CCNC(=NCc1nnc2n1CCC2)N1CCC(c2cnn(C)c2)C1.I. The fraction of sp³-hybridized carbons (Fsp3) is 0.647. The van der Waals surface area contributed by atoms with Gasteiger partial charge in [-0.3, -0.25) is 4.68 Å². The van der Waals surface area contributed by atoms with Crippen LogP contribution in [0.15, 0.2) is 17.4 Å². The van der Waals surface area contributed by atoms with E-state index in [-0.39, 0.29) is 24.0 Å². The first-order valence-corrected chi connectivity index (χ1v) is 9.17. The Morgan fingerprint density at radius 2 is 2.23 bits per heavy atom. The number of aliphatic imine (C=N–C) groups is 1. The molecule has 1 saturated heterocycles. The van der Waals surface area contributed by atoms with Crippen LogP contribution in [0, 0.1) is 0 Å². The van der Waals surface area contributed by atoms with E-state index in [1.54, 1.807) is 0 Å². The zero-order valence-electron chi connectivity index (χ0n) is 15.4. The third kappa shape index (κ3) is 3.86. The number of likely N-dealkylation sites (tertiary alicyclic amines) is 1. The molecule has 2 aliphatic rings. The molecule has 0 saturated carbocycles. The average Bonchev–Trinajstić information content (AvgIpc) is 3.35. The molecule has 4 rings (SSSR count). The lowest BCUT2D eigenvalue weighted by Crippen LogP contribution is -2.40. The van der Waals surface area contributed by atoms with E-state index in [0.29, 0.717) is 12.5 Å². The Morgan fingerprint density at radius 3 is 3.00 bits per heavy atom. The lowest BCUT2D eigenvalue weighted by molar-refractivity contribution is 0.485. The number of hydrogen-bond acceptors (Lipinski definition) is 4. The van der Waals surface area contributed by atoms with Crippen molar-refractivity contribution in [3.8, 4) is 0 Å². The van der Waals surface area contributed by atoms with Crippen LogP contribution in [0.4, 0.5) is 0 Å². The summed E-state index contributed by atoms with van der Waals surface area (Å²) < 4.78 is 4.10. The first kappa shape index (κ1) is 19.1. The van der Waals surface area contributed by atoms with Gasteiger partial charge in [0.25, 0.3) is 0 Å². The third-order valence-electron chi connectivity index (χ3n) is 5.08. The van der Waals surface area contributed by atoms with Crippen LogP contribution in [0.2, 0.25) is 0 Å². The van der Waals surface area contributed by atoms with Gasteiger partial charge in [-0.2, -0.15) is 5.10 Å². The van der Waals surface area contributed by atoms with Crippen LogP contribution in [0.25, 0.3) is 0 Å². The van der Waals surface area contributed by atoms with Crippen LogP contribution in [-0.2, 0) is 26.6 Å². The van der Waals surface area contributed by atoms with Gasteiger partial charge in [0.15, 0.2) is 11.8 Å². The molecule has 9 heteroatoms. The van der Waals surface area contributed by atoms with Crippen LogP contribution in [0.5, 0.6) is 0 Å². The van der Waals surface area contributed by atoms with Gasteiger partial charge in [0.05, 0.1) is 6.20 Å². The Kier molecular flexibility index (Phi) is 6.15. The van der Waals surface area contributed by atoms with Crippen molar-refractivity contribution in [2.45, 2.75) is 45.2 Å². The number of fused-ring (bicyclic) bond motifs is 1. The number of nitrogens with zero attached hydrogens (tertiary/aromatic N) is 7. The summed E-state index contributed by atoms with van der Waals surface area (Å²) >= 11 is 0. The van der Waals surface area contributed by atoms with E-state index >= 15 is 0 Å². The van der Waals surface area contributed by atoms with Crippen LogP contribution in [-0.4, -0.2) is 55.0 Å². The molecule has 1 atom stereocenters. The molecule has 4 heterocycles. The molecule has 0 spiro atoms. The van der Waals surface area contributed by atoms with E-state index in [1.165, 1.54) is 12.0 Å². The summed E-state index contributed by atoms with van der Waals surface area (Å²) in [5.41, 5.74) is 1.32. The zero-order valence-corrected chi connectivity index (χ0v) is 17.8. The molecule has 1 unspecified atom stereocenters. The van der Waals surface area contributed by atoms with Gasteiger partial charge in [0.2, 0.25) is 0 Å². The predicted molar refractivity (Wildman–Crippen MR) is 111 cm³/mol. The molecule has 1 N–H and O–H groups in total. The third-order valence-corrected chi connectivity index (χ3v) is 5.08. The average molecular weight is 470 g/mol. The van der Waals surface area contributed by atoms with Crippen molar-refractivity contribution >= 4 is 29.9 Å². The minimum Gasteiger partial charge on any atom is -0.357 e. The van der Waals surface area contributed by atoms with Crippen molar-refractivity contribution < 1.29 is 0 Å². The van der Waals surface area contributed by atoms with Gasteiger partial charge >= 0.3 is 0 Å². The summed E-state index contributed by atoms with van der Waals surface area (Å²) in [6.45, 7) is 6.59. The summed E-state index contributed by atoms with van der Waals surface area (Å²) in [6.07, 6.45) is 7.45. The Balaban J connectivity index is 0.00000196. The molecule has 0 radical (unpaired) electrons. The highest BCUT2D eigenvalue weighted by atomic mass is 127. The minimum absolute atomic E-state index is 0. The fourth-order valence-corrected chi connectivity index (χ4v) is 3.77. The van der Waals surface area contributed by atoms with Crippen LogP contribution >= 0.6 is 24.0 Å². The Bertz CT molecular complexity index is 765.